The third-order valence-corrected chi connectivity index (χ3v) is 4.89. The number of fused-ring (bicyclic) bond motifs is 1. The molecule has 3 heterocycles. The first-order chi connectivity index (χ1) is 14.6. The lowest BCUT2D eigenvalue weighted by Crippen LogP contribution is -2.28. The molecule has 0 aliphatic rings. The van der Waals surface area contributed by atoms with Crippen LogP contribution in [0.5, 0.6) is 0 Å². The number of nitrogens with one attached hydrogen (secondary N) is 3. The number of hydrogen-bond donors (Lipinski definition) is 4. The van der Waals surface area contributed by atoms with Gasteiger partial charge in [-0.2, -0.15) is 5.26 Å². The van der Waals surface area contributed by atoms with Crippen molar-refractivity contribution in [1.82, 2.24) is 19.9 Å². The molecule has 8 nitrogen and oxygen atoms in total. The number of pyridine rings is 2. The summed E-state index contributed by atoms with van der Waals surface area (Å²) in [5.41, 5.74) is 4.31. The van der Waals surface area contributed by atoms with E-state index in [0.717, 1.165) is 11.1 Å². The highest BCUT2D eigenvalue weighted by atomic mass is 16.3. The van der Waals surface area contributed by atoms with Crippen LogP contribution in [0.25, 0.3) is 22.4 Å². The first kappa shape index (κ1) is 19.4. The Morgan fingerprint density at radius 2 is 2.20 bits per heavy atom. The summed E-state index contributed by atoms with van der Waals surface area (Å²) in [4.78, 5) is 27.2. The summed E-state index contributed by atoms with van der Waals surface area (Å²) < 4.78 is 0. The van der Waals surface area contributed by atoms with Crippen LogP contribution in [0.2, 0.25) is 0 Å². The molecule has 3 aromatic heterocycles. The Hall–Kier alpha value is -3.96. The van der Waals surface area contributed by atoms with Gasteiger partial charge in [0.15, 0.2) is 0 Å². The van der Waals surface area contributed by atoms with Crippen molar-refractivity contribution in [2.24, 2.45) is 0 Å². The van der Waals surface area contributed by atoms with Crippen LogP contribution < -0.4 is 10.9 Å². The molecule has 4 aromatic rings. The Kier molecular flexibility index (Phi) is 5.28. The SMILES string of the molecule is Cc1cc(C#N)cc2[nH]c(-c3c(N[C@H](CO)Cc4cccnc4)cc[nH]c3=O)nc12. The van der Waals surface area contributed by atoms with Gasteiger partial charge in [-0.05, 0) is 48.7 Å². The predicted molar refractivity (Wildman–Crippen MR) is 114 cm³/mol. The number of imidazole rings is 1. The number of H-pyrrole nitrogens is 2. The molecule has 0 radical (unpaired) electrons. The Balaban J connectivity index is 1.73. The number of aliphatic hydroxyl groups excluding tert-OH is 1. The Labute approximate surface area is 172 Å². The molecule has 150 valence electrons. The fourth-order valence-corrected chi connectivity index (χ4v) is 3.49. The minimum atomic E-state index is -0.314. The molecular formula is C22H20N6O2. The van der Waals surface area contributed by atoms with Crippen molar-refractivity contribution < 1.29 is 5.11 Å². The summed E-state index contributed by atoms with van der Waals surface area (Å²) in [6, 6.07) is 10.8. The summed E-state index contributed by atoms with van der Waals surface area (Å²) in [5.74, 6) is 0.394. The molecule has 0 aliphatic heterocycles. The van der Waals surface area contributed by atoms with Crippen LogP contribution in [0.15, 0.2) is 53.7 Å². The van der Waals surface area contributed by atoms with Gasteiger partial charge in [-0.1, -0.05) is 6.07 Å². The molecule has 0 amide bonds. The summed E-state index contributed by atoms with van der Waals surface area (Å²) in [6.45, 7) is 1.75. The minimum Gasteiger partial charge on any atom is -0.394 e. The minimum absolute atomic E-state index is 0.119. The molecule has 0 bridgehead atoms. The van der Waals surface area contributed by atoms with Gasteiger partial charge in [0.25, 0.3) is 5.56 Å². The van der Waals surface area contributed by atoms with Crippen molar-refractivity contribution in [2.45, 2.75) is 19.4 Å². The van der Waals surface area contributed by atoms with Crippen LogP contribution in [-0.2, 0) is 6.42 Å². The number of aromatic amines is 2. The number of nitrogens with zero attached hydrogens (tertiary/aromatic N) is 3. The third-order valence-electron chi connectivity index (χ3n) is 4.89. The second-order valence-electron chi connectivity index (χ2n) is 7.07. The molecule has 0 aliphatic carbocycles. The summed E-state index contributed by atoms with van der Waals surface area (Å²) in [7, 11) is 0. The molecule has 0 saturated heterocycles. The van der Waals surface area contributed by atoms with Gasteiger partial charge in [-0.3, -0.25) is 9.78 Å². The van der Waals surface area contributed by atoms with Gasteiger partial charge in [0, 0.05) is 18.6 Å². The highest BCUT2D eigenvalue weighted by molar-refractivity contribution is 5.85. The monoisotopic (exact) mass is 400 g/mol. The zero-order valence-corrected chi connectivity index (χ0v) is 16.3. The largest absolute Gasteiger partial charge is 0.394 e. The zero-order chi connectivity index (χ0) is 21.1. The van der Waals surface area contributed by atoms with Crippen LogP contribution in [0.1, 0.15) is 16.7 Å². The molecule has 30 heavy (non-hydrogen) atoms. The maximum absolute atomic E-state index is 12.7. The fraction of sp³-hybridized carbons (Fsp3) is 0.182. The van der Waals surface area contributed by atoms with Crippen LogP contribution in [0, 0.1) is 18.3 Å². The number of rotatable bonds is 6. The molecule has 0 spiro atoms. The number of hydrogen-bond acceptors (Lipinski definition) is 6. The van der Waals surface area contributed by atoms with Crippen molar-refractivity contribution in [2.75, 3.05) is 11.9 Å². The van der Waals surface area contributed by atoms with Crippen molar-refractivity contribution in [3.8, 4) is 17.5 Å². The van der Waals surface area contributed by atoms with Gasteiger partial charge in [-0.25, -0.2) is 4.98 Å². The molecule has 4 N–H and O–H groups in total. The molecule has 1 aromatic carbocycles. The van der Waals surface area contributed by atoms with Gasteiger partial charge >= 0.3 is 0 Å². The fourth-order valence-electron chi connectivity index (χ4n) is 3.49. The second kappa shape index (κ2) is 8.19. The van der Waals surface area contributed by atoms with Gasteiger partial charge < -0.3 is 20.4 Å². The maximum Gasteiger partial charge on any atom is 0.261 e. The van der Waals surface area contributed by atoms with Gasteiger partial charge in [0.2, 0.25) is 0 Å². The normalized spacial score (nSPS) is 11.9. The molecule has 0 fully saturated rings. The molecule has 0 saturated carbocycles. The molecule has 4 rings (SSSR count). The van der Waals surface area contributed by atoms with E-state index in [1.54, 1.807) is 36.8 Å². The number of benzene rings is 1. The van der Waals surface area contributed by atoms with Crippen LogP contribution in [-0.4, -0.2) is 37.7 Å². The lowest BCUT2D eigenvalue weighted by atomic mass is 10.1. The third kappa shape index (κ3) is 3.79. The van der Waals surface area contributed by atoms with E-state index in [-0.39, 0.29) is 18.2 Å². The van der Waals surface area contributed by atoms with E-state index < -0.39 is 0 Å². The van der Waals surface area contributed by atoms with E-state index in [9.17, 15) is 15.2 Å². The van der Waals surface area contributed by atoms with Crippen LogP contribution in [0.4, 0.5) is 5.69 Å². The standard InChI is InChI=1S/C22H20N6O2/c1-13-7-15(10-23)9-18-20(13)28-21(27-18)19-17(4-6-25-22(19)30)26-16(12-29)8-14-3-2-5-24-11-14/h2-7,9,11,16,29H,8,12H2,1H3,(H,27,28)(H2,25,26,30)/t16-/m0/s1. The van der Waals surface area contributed by atoms with Crippen molar-refractivity contribution in [3.05, 3.63) is 76.0 Å². The topological polar surface area (TPSA) is 130 Å². The van der Waals surface area contributed by atoms with Crippen LogP contribution in [0.3, 0.4) is 0 Å². The lowest BCUT2D eigenvalue weighted by Gasteiger charge is -2.19. The number of aromatic nitrogens is 4. The van der Waals surface area contributed by atoms with Crippen molar-refractivity contribution >= 4 is 16.7 Å². The predicted octanol–water partition coefficient (Wildman–Crippen LogP) is 2.51. The van der Waals surface area contributed by atoms with E-state index in [0.29, 0.717) is 40.1 Å². The van der Waals surface area contributed by atoms with Gasteiger partial charge in [0.1, 0.15) is 11.4 Å². The van der Waals surface area contributed by atoms with E-state index in [1.165, 1.54) is 0 Å². The van der Waals surface area contributed by atoms with Crippen LogP contribution >= 0.6 is 0 Å². The summed E-state index contributed by atoms with van der Waals surface area (Å²) in [6.07, 6.45) is 5.54. The van der Waals surface area contributed by atoms with E-state index in [2.05, 4.69) is 31.3 Å². The first-order valence-electron chi connectivity index (χ1n) is 9.48. The quantitative estimate of drug-likeness (QED) is 0.393. The Bertz CT molecular complexity index is 1290. The number of aliphatic hydroxyl groups is 1. The highest BCUT2D eigenvalue weighted by Crippen LogP contribution is 2.27. The average molecular weight is 400 g/mol. The maximum atomic E-state index is 12.7. The number of anilines is 1. The Morgan fingerprint density at radius 3 is 2.93 bits per heavy atom. The van der Waals surface area contributed by atoms with Gasteiger partial charge in [0.05, 0.1) is 41.0 Å². The molecule has 8 heteroatoms. The Morgan fingerprint density at radius 1 is 1.33 bits per heavy atom. The van der Waals surface area contributed by atoms with E-state index in [4.69, 9.17) is 0 Å². The summed E-state index contributed by atoms with van der Waals surface area (Å²) in [5, 5.41) is 22.3. The van der Waals surface area contributed by atoms with E-state index in [1.807, 2.05) is 19.1 Å². The molecule has 1 atom stereocenters. The molecular weight excluding hydrogens is 380 g/mol. The number of aryl methyl sites for hydroxylation is 1. The zero-order valence-electron chi connectivity index (χ0n) is 16.3. The second-order valence-corrected chi connectivity index (χ2v) is 7.07. The highest BCUT2D eigenvalue weighted by Gasteiger charge is 2.18. The van der Waals surface area contributed by atoms with Crippen molar-refractivity contribution in [3.63, 3.8) is 0 Å². The van der Waals surface area contributed by atoms with Gasteiger partial charge in [-0.15, -0.1) is 0 Å². The summed E-state index contributed by atoms with van der Waals surface area (Å²) >= 11 is 0. The van der Waals surface area contributed by atoms with Crippen molar-refractivity contribution in [1.29, 1.82) is 5.26 Å². The average Bonchev–Trinajstić information content (AvgIpc) is 3.18. The number of nitriles is 1. The van der Waals surface area contributed by atoms with E-state index >= 15 is 0 Å². The smallest absolute Gasteiger partial charge is 0.261 e. The molecule has 0 unspecified atom stereocenters. The first-order valence-corrected chi connectivity index (χ1v) is 9.48. The lowest BCUT2D eigenvalue weighted by molar-refractivity contribution is 0.273.